The van der Waals surface area contributed by atoms with Crippen LogP contribution >= 0.6 is 0 Å². The second kappa shape index (κ2) is 3.82. The van der Waals surface area contributed by atoms with Gasteiger partial charge in [0.2, 0.25) is 0 Å². The van der Waals surface area contributed by atoms with Crippen molar-refractivity contribution in [1.82, 2.24) is 0 Å². The van der Waals surface area contributed by atoms with Crippen molar-refractivity contribution in [3.8, 4) is 11.1 Å². The van der Waals surface area contributed by atoms with Crippen molar-refractivity contribution in [3.05, 3.63) is 59.2 Å². The van der Waals surface area contributed by atoms with Crippen LogP contribution in [0, 0.1) is 0 Å². The van der Waals surface area contributed by atoms with Gasteiger partial charge < -0.3 is 5.32 Å². The van der Waals surface area contributed by atoms with Crippen LogP contribution in [0.25, 0.3) is 17.2 Å². The molecule has 0 radical (unpaired) electrons. The van der Waals surface area contributed by atoms with Crippen LogP contribution in [0.3, 0.4) is 0 Å². The van der Waals surface area contributed by atoms with E-state index in [2.05, 4.69) is 41.7 Å². The van der Waals surface area contributed by atoms with Gasteiger partial charge in [0, 0.05) is 24.2 Å². The largest absolute Gasteiger partial charge is 0.380 e. The molecule has 2 aromatic rings. The minimum Gasteiger partial charge on any atom is -0.380 e. The first-order valence-electron chi connectivity index (χ1n) is 6.52. The Morgan fingerprint density at radius 3 is 2.79 bits per heavy atom. The molecule has 19 heavy (non-hydrogen) atoms. The lowest BCUT2D eigenvalue weighted by atomic mass is 9.87. The summed E-state index contributed by atoms with van der Waals surface area (Å²) >= 11 is 0. The summed E-state index contributed by atoms with van der Waals surface area (Å²) in [6.07, 6.45) is 4.10. The molecule has 0 unspecified atom stereocenters. The lowest BCUT2D eigenvalue weighted by Crippen LogP contribution is -2.14. The maximum absolute atomic E-state index is 11.6. The molecule has 0 atom stereocenters. The van der Waals surface area contributed by atoms with Gasteiger partial charge in [-0.15, -0.1) is 0 Å². The van der Waals surface area contributed by atoms with E-state index in [1.54, 1.807) is 6.08 Å². The molecule has 0 spiro atoms. The van der Waals surface area contributed by atoms with E-state index in [0.29, 0.717) is 6.42 Å². The van der Waals surface area contributed by atoms with Crippen molar-refractivity contribution >= 4 is 17.5 Å². The molecular weight excluding hydrogens is 234 g/mol. The van der Waals surface area contributed by atoms with E-state index in [-0.39, 0.29) is 5.78 Å². The highest BCUT2D eigenvalue weighted by molar-refractivity contribution is 6.01. The van der Waals surface area contributed by atoms with Gasteiger partial charge in [-0.3, -0.25) is 4.79 Å². The monoisotopic (exact) mass is 247 g/mol. The van der Waals surface area contributed by atoms with E-state index in [1.165, 1.54) is 16.7 Å². The summed E-state index contributed by atoms with van der Waals surface area (Å²) in [7, 11) is 0. The predicted molar refractivity (Wildman–Crippen MR) is 76.9 cm³/mol. The van der Waals surface area contributed by atoms with Gasteiger partial charge in [-0.1, -0.05) is 42.5 Å². The average Bonchev–Trinajstić information content (AvgIpc) is 2.46. The minimum absolute atomic E-state index is 0.182. The highest BCUT2D eigenvalue weighted by atomic mass is 16.1. The van der Waals surface area contributed by atoms with Crippen LogP contribution in [0.15, 0.2) is 42.5 Å². The number of hydrogen-bond acceptors (Lipinski definition) is 2. The molecule has 0 bridgehead atoms. The van der Waals surface area contributed by atoms with Gasteiger partial charge in [0.15, 0.2) is 5.78 Å². The van der Waals surface area contributed by atoms with Crippen molar-refractivity contribution in [2.24, 2.45) is 0 Å². The third-order valence-electron chi connectivity index (χ3n) is 3.91. The molecule has 1 aliphatic heterocycles. The fourth-order valence-electron chi connectivity index (χ4n) is 2.97. The number of allylic oxidation sites excluding steroid dienone is 1. The minimum atomic E-state index is 0.182. The van der Waals surface area contributed by atoms with Crippen molar-refractivity contribution in [2.75, 3.05) is 5.32 Å². The molecule has 4 rings (SSSR count). The molecule has 1 N–H and O–H groups in total. The molecule has 0 amide bonds. The quantitative estimate of drug-likeness (QED) is 0.773. The standard InChI is InChI=1S/C17H13NO/c19-13-7-5-11-6-8-15-14-4-2-1-3-12(14)10-18-17(15)16(11)9-13/h1-8,18H,9-10H2. The zero-order valence-corrected chi connectivity index (χ0v) is 10.4. The normalized spacial score (nSPS) is 15.3. The third kappa shape index (κ3) is 1.53. The molecule has 2 heteroatoms. The SMILES string of the molecule is O=C1C=Cc2ccc3c(c2C1)NCc1ccccc1-3. The smallest absolute Gasteiger partial charge is 0.160 e. The molecule has 92 valence electrons. The Balaban J connectivity index is 1.98. The fourth-order valence-corrected chi connectivity index (χ4v) is 2.97. The zero-order valence-electron chi connectivity index (χ0n) is 10.4. The molecule has 0 fully saturated rings. The van der Waals surface area contributed by atoms with Crippen molar-refractivity contribution < 1.29 is 4.79 Å². The van der Waals surface area contributed by atoms with E-state index < -0.39 is 0 Å². The second-order valence-corrected chi connectivity index (χ2v) is 5.04. The van der Waals surface area contributed by atoms with E-state index in [9.17, 15) is 4.79 Å². The molecule has 0 saturated heterocycles. The van der Waals surface area contributed by atoms with Gasteiger partial charge in [0.25, 0.3) is 0 Å². The molecule has 0 aromatic heterocycles. The highest BCUT2D eigenvalue weighted by Gasteiger charge is 2.22. The predicted octanol–water partition coefficient (Wildman–Crippen LogP) is 3.42. The van der Waals surface area contributed by atoms with Crippen LogP contribution < -0.4 is 5.32 Å². The van der Waals surface area contributed by atoms with Gasteiger partial charge >= 0.3 is 0 Å². The number of rotatable bonds is 0. The van der Waals surface area contributed by atoms with E-state index >= 15 is 0 Å². The van der Waals surface area contributed by atoms with E-state index in [1.807, 2.05) is 6.08 Å². The topological polar surface area (TPSA) is 29.1 Å². The number of hydrogen-bond donors (Lipinski definition) is 1. The average molecular weight is 247 g/mol. The number of ketones is 1. The number of carbonyl (C=O) groups is 1. The van der Waals surface area contributed by atoms with E-state index in [0.717, 1.165) is 23.4 Å². The van der Waals surface area contributed by atoms with Crippen LogP contribution in [0.4, 0.5) is 5.69 Å². The number of fused-ring (bicyclic) bond motifs is 5. The maximum atomic E-state index is 11.6. The van der Waals surface area contributed by atoms with Gasteiger partial charge in [-0.05, 0) is 28.3 Å². The Bertz CT molecular complexity index is 728. The summed E-state index contributed by atoms with van der Waals surface area (Å²) in [5, 5.41) is 3.48. The van der Waals surface area contributed by atoms with Crippen LogP contribution in [-0.2, 0) is 17.8 Å². The molecule has 2 aromatic carbocycles. The first-order valence-corrected chi connectivity index (χ1v) is 6.52. The second-order valence-electron chi connectivity index (χ2n) is 5.04. The summed E-state index contributed by atoms with van der Waals surface area (Å²) < 4.78 is 0. The number of carbonyl (C=O) groups excluding carboxylic acids is 1. The highest BCUT2D eigenvalue weighted by Crippen LogP contribution is 2.40. The fraction of sp³-hybridized carbons (Fsp3) is 0.118. The van der Waals surface area contributed by atoms with Crippen LogP contribution in [0.1, 0.15) is 16.7 Å². The first-order chi connectivity index (χ1) is 9.33. The van der Waals surface area contributed by atoms with E-state index in [4.69, 9.17) is 0 Å². The van der Waals surface area contributed by atoms with Crippen molar-refractivity contribution in [3.63, 3.8) is 0 Å². The number of anilines is 1. The third-order valence-corrected chi connectivity index (χ3v) is 3.91. The Hall–Kier alpha value is -2.35. The number of nitrogens with one attached hydrogen (secondary N) is 1. The maximum Gasteiger partial charge on any atom is 0.160 e. The number of benzene rings is 2. The summed E-state index contributed by atoms with van der Waals surface area (Å²) in [5.41, 5.74) is 7.23. The van der Waals surface area contributed by atoms with Crippen LogP contribution in [-0.4, -0.2) is 5.78 Å². The molecule has 1 aliphatic carbocycles. The van der Waals surface area contributed by atoms with Gasteiger partial charge in [0.05, 0.1) is 0 Å². The summed E-state index contributed by atoms with van der Waals surface area (Å²) in [6.45, 7) is 0.831. The van der Waals surface area contributed by atoms with Crippen LogP contribution in [0.2, 0.25) is 0 Å². The molecule has 0 saturated carbocycles. The Morgan fingerprint density at radius 1 is 0.947 bits per heavy atom. The van der Waals surface area contributed by atoms with Gasteiger partial charge in [-0.25, -0.2) is 0 Å². The van der Waals surface area contributed by atoms with Gasteiger partial charge in [0.1, 0.15) is 0 Å². The lowest BCUT2D eigenvalue weighted by Gasteiger charge is -2.26. The Labute approximate surface area is 111 Å². The molecule has 2 aliphatic rings. The Morgan fingerprint density at radius 2 is 1.84 bits per heavy atom. The summed E-state index contributed by atoms with van der Waals surface area (Å²) in [4.78, 5) is 11.6. The van der Waals surface area contributed by atoms with Crippen LogP contribution in [0.5, 0.6) is 0 Å². The summed E-state index contributed by atoms with van der Waals surface area (Å²) in [6, 6.07) is 12.7. The lowest BCUT2D eigenvalue weighted by molar-refractivity contribution is -0.114. The van der Waals surface area contributed by atoms with Gasteiger partial charge in [-0.2, -0.15) is 0 Å². The van der Waals surface area contributed by atoms with Crippen molar-refractivity contribution in [1.29, 1.82) is 0 Å². The summed E-state index contributed by atoms with van der Waals surface area (Å²) in [5.74, 6) is 0.182. The zero-order chi connectivity index (χ0) is 12.8. The molecule has 1 heterocycles. The molecular formula is C17H13NO. The molecule has 2 nitrogen and oxygen atoms in total. The Kier molecular flexibility index (Phi) is 2.12. The van der Waals surface area contributed by atoms with Crippen molar-refractivity contribution in [2.45, 2.75) is 13.0 Å². The first kappa shape index (κ1) is 10.6.